The molecule has 0 aromatic carbocycles. The lowest BCUT2D eigenvalue weighted by Crippen LogP contribution is -2.49. The maximum Gasteiger partial charge on any atom is 0.152 e. The highest BCUT2D eigenvalue weighted by Gasteiger charge is 2.31. The fourth-order valence-corrected chi connectivity index (χ4v) is 2.02. The molecule has 0 unspecified atom stereocenters. The van der Waals surface area contributed by atoms with E-state index in [-0.39, 0.29) is 5.78 Å². The lowest BCUT2D eigenvalue weighted by atomic mass is 9.90. The Hall–Kier alpha value is -0.410. The molecule has 82 valence electrons. The summed E-state index contributed by atoms with van der Waals surface area (Å²) < 4.78 is 0. The van der Waals surface area contributed by atoms with Gasteiger partial charge in [0.1, 0.15) is 0 Å². The zero-order valence-electron chi connectivity index (χ0n) is 9.12. The van der Waals surface area contributed by atoms with Gasteiger partial charge in [0.15, 0.2) is 5.78 Å². The SMILES string of the molecule is CC(C)(O)[C@@H](N)C(=O)CC1CCCC1. The van der Waals surface area contributed by atoms with Gasteiger partial charge in [-0.25, -0.2) is 0 Å². The summed E-state index contributed by atoms with van der Waals surface area (Å²) in [7, 11) is 0. The number of Topliss-reactive ketones (excluding diaryl/α,β-unsaturated/α-hetero) is 1. The van der Waals surface area contributed by atoms with Crippen LogP contribution in [-0.4, -0.2) is 22.5 Å². The van der Waals surface area contributed by atoms with Crippen molar-refractivity contribution in [2.24, 2.45) is 11.7 Å². The normalized spacial score (nSPS) is 21.1. The predicted octanol–water partition coefficient (Wildman–Crippen LogP) is 1.23. The van der Waals surface area contributed by atoms with E-state index in [0.29, 0.717) is 12.3 Å². The van der Waals surface area contributed by atoms with Crippen LogP contribution in [0.2, 0.25) is 0 Å². The van der Waals surface area contributed by atoms with Gasteiger partial charge in [-0.15, -0.1) is 0 Å². The molecule has 3 nitrogen and oxygen atoms in total. The molecule has 1 aliphatic rings. The molecular weight excluding hydrogens is 178 g/mol. The molecule has 0 amide bonds. The molecule has 14 heavy (non-hydrogen) atoms. The Labute approximate surface area is 85.7 Å². The van der Waals surface area contributed by atoms with Gasteiger partial charge in [-0.1, -0.05) is 25.7 Å². The maximum absolute atomic E-state index is 11.7. The van der Waals surface area contributed by atoms with E-state index >= 15 is 0 Å². The molecule has 0 bridgehead atoms. The number of nitrogens with two attached hydrogens (primary N) is 1. The van der Waals surface area contributed by atoms with Crippen molar-refractivity contribution < 1.29 is 9.90 Å². The second-order valence-electron chi connectivity index (χ2n) is 4.95. The molecule has 1 atom stereocenters. The average molecular weight is 199 g/mol. The van der Waals surface area contributed by atoms with Gasteiger partial charge in [0.05, 0.1) is 11.6 Å². The third kappa shape index (κ3) is 3.07. The Bertz CT molecular complexity index is 202. The van der Waals surface area contributed by atoms with Crippen molar-refractivity contribution in [2.45, 2.75) is 57.6 Å². The fraction of sp³-hybridized carbons (Fsp3) is 0.909. The minimum Gasteiger partial charge on any atom is -0.388 e. The second-order valence-corrected chi connectivity index (χ2v) is 4.95. The van der Waals surface area contributed by atoms with Gasteiger partial charge in [-0.2, -0.15) is 0 Å². The minimum atomic E-state index is -1.09. The Morgan fingerprint density at radius 2 is 2.00 bits per heavy atom. The fourth-order valence-electron chi connectivity index (χ4n) is 2.02. The van der Waals surface area contributed by atoms with Crippen molar-refractivity contribution in [1.29, 1.82) is 0 Å². The topological polar surface area (TPSA) is 63.3 Å². The first-order chi connectivity index (χ1) is 6.41. The van der Waals surface area contributed by atoms with Crippen LogP contribution in [0.15, 0.2) is 0 Å². The Morgan fingerprint density at radius 1 is 1.50 bits per heavy atom. The van der Waals surface area contributed by atoms with Crippen molar-refractivity contribution in [3.05, 3.63) is 0 Å². The average Bonchev–Trinajstić information content (AvgIpc) is 2.53. The smallest absolute Gasteiger partial charge is 0.152 e. The summed E-state index contributed by atoms with van der Waals surface area (Å²) in [6, 6.07) is -0.733. The summed E-state index contributed by atoms with van der Waals surface area (Å²) in [6.45, 7) is 3.18. The van der Waals surface area contributed by atoms with E-state index in [4.69, 9.17) is 5.73 Å². The van der Waals surface area contributed by atoms with Gasteiger partial charge >= 0.3 is 0 Å². The zero-order chi connectivity index (χ0) is 10.8. The van der Waals surface area contributed by atoms with E-state index in [2.05, 4.69) is 0 Å². The largest absolute Gasteiger partial charge is 0.388 e. The Morgan fingerprint density at radius 3 is 2.43 bits per heavy atom. The van der Waals surface area contributed by atoms with Gasteiger partial charge in [0, 0.05) is 6.42 Å². The summed E-state index contributed by atoms with van der Waals surface area (Å²) in [6.07, 6.45) is 5.30. The molecular formula is C11H21NO2. The van der Waals surface area contributed by atoms with Crippen molar-refractivity contribution >= 4 is 5.78 Å². The van der Waals surface area contributed by atoms with Crippen molar-refractivity contribution in [2.75, 3.05) is 0 Å². The molecule has 1 rings (SSSR count). The summed E-state index contributed by atoms with van der Waals surface area (Å²) in [5, 5.41) is 9.58. The molecule has 0 heterocycles. The second kappa shape index (κ2) is 4.41. The van der Waals surface area contributed by atoms with Crippen LogP contribution in [0, 0.1) is 5.92 Å². The molecule has 0 spiro atoms. The quantitative estimate of drug-likeness (QED) is 0.716. The molecule has 0 saturated heterocycles. The van der Waals surface area contributed by atoms with E-state index in [9.17, 15) is 9.90 Å². The highest BCUT2D eigenvalue weighted by atomic mass is 16.3. The standard InChI is InChI=1S/C11H21NO2/c1-11(2,14)10(12)9(13)7-8-5-3-4-6-8/h8,10,14H,3-7,12H2,1-2H3/t10-/m0/s1. The molecule has 1 fully saturated rings. The van der Waals surface area contributed by atoms with Crippen LogP contribution in [0.25, 0.3) is 0 Å². The number of carbonyl (C=O) groups is 1. The number of carbonyl (C=O) groups excluding carboxylic acids is 1. The first kappa shape index (κ1) is 11.7. The van der Waals surface area contributed by atoms with Gasteiger partial charge in [-0.05, 0) is 19.8 Å². The van der Waals surface area contributed by atoms with Gasteiger partial charge in [0.25, 0.3) is 0 Å². The number of rotatable bonds is 4. The highest BCUT2D eigenvalue weighted by molar-refractivity contribution is 5.85. The van der Waals surface area contributed by atoms with Gasteiger partial charge in [0.2, 0.25) is 0 Å². The van der Waals surface area contributed by atoms with Gasteiger partial charge in [-0.3, -0.25) is 4.79 Å². The van der Waals surface area contributed by atoms with E-state index in [1.807, 2.05) is 0 Å². The summed E-state index contributed by atoms with van der Waals surface area (Å²) in [5.74, 6) is 0.514. The lowest BCUT2D eigenvalue weighted by molar-refractivity contribution is -0.126. The zero-order valence-corrected chi connectivity index (χ0v) is 9.12. The third-order valence-electron chi connectivity index (χ3n) is 3.07. The van der Waals surface area contributed by atoms with E-state index in [1.165, 1.54) is 12.8 Å². The molecule has 0 aliphatic heterocycles. The summed E-state index contributed by atoms with van der Waals surface area (Å²) in [4.78, 5) is 11.7. The maximum atomic E-state index is 11.7. The van der Waals surface area contributed by atoms with Crippen molar-refractivity contribution in [3.63, 3.8) is 0 Å². The van der Waals surface area contributed by atoms with E-state index in [1.54, 1.807) is 13.8 Å². The Kier molecular flexibility index (Phi) is 3.67. The molecule has 1 aliphatic carbocycles. The number of ketones is 1. The predicted molar refractivity (Wildman–Crippen MR) is 55.9 cm³/mol. The summed E-state index contributed by atoms with van der Waals surface area (Å²) >= 11 is 0. The number of hydrogen-bond acceptors (Lipinski definition) is 3. The molecule has 3 heteroatoms. The Balaban J connectivity index is 2.41. The van der Waals surface area contributed by atoms with Crippen LogP contribution >= 0.6 is 0 Å². The monoisotopic (exact) mass is 199 g/mol. The van der Waals surface area contributed by atoms with Crippen LogP contribution in [-0.2, 0) is 4.79 Å². The van der Waals surface area contributed by atoms with Crippen LogP contribution in [0.4, 0.5) is 0 Å². The minimum absolute atomic E-state index is 0.00407. The van der Waals surface area contributed by atoms with Crippen molar-refractivity contribution in [1.82, 2.24) is 0 Å². The lowest BCUT2D eigenvalue weighted by Gasteiger charge is -2.25. The first-order valence-electron chi connectivity index (χ1n) is 5.42. The number of hydrogen-bond donors (Lipinski definition) is 2. The molecule has 0 aromatic heterocycles. The van der Waals surface area contributed by atoms with Crippen LogP contribution < -0.4 is 5.73 Å². The van der Waals surface area contributed by atoms with E-state index in [0.717, 1.165) is 12.8 Å². The van der Waals surface area contributed by atoms with E-state index < -0.39 is 11.6 Å². The first-order valence-corrected chi connectivity index (χ1v) is 5.42. The third-order valence-corrected chi connectivity index (χ3v) is 3.07. The molecule has 1 saturated carbocycles. The van der Waals surface area contributed by atoms with Crippen molar-refractivity contribution in [3.8, 4) is 0 Å². The van der Waals surface area contributed by atoms with Crippen LogP contribution in [0.5, 0.6) is 0 Å². The molecule has 0 aromatic rings. The van der Waals surface area contributed by atoms with Crippen LogP contribution in [0.3, 0.4) is 0 Å². The number of aliphatic hydroxyl groups is 1. The molecule has 0 radical (unpaired) electrons. The highest BCUT2D eigenvalue weighted by Crippen LogP contribution is 2.28. The van der Waals surface area contributed by atoms with Gasteiger partial charge < -0.3 is 10.8 Å². The summed E-state index contributed by atoms with van der Waals surface area (Å²) in [5.41, 5.74) is 4.59. The van der Waals surface area contributed by atoms with Crippen LogP contribution in [0.1, 0.15) is 46.0 Å². The molecule has 3 N–H and O–H groups in total.